The molecule has 4 fully saturated rings. The Kier molecular flexibility index (Phi) is 11.3. The van der Waals surface area contributed by atoms with Crippen molar-refractivity contribution in [1.82, 2.24) is 5.32 Å². The summed E-state index contributed by atoms with van der Waals surface area (Å²) in [4.78, 5) is 13.0. The van der Waals surface area contributed by atoms with Gasteiger partial charge < -0.3 is 10.2 Å². The first-order chi connectivity index (χ1) is 21.1. The molecule has 0 spiro atoms. The molecular formula is C30H44N2O11P+. The summed E-state index contributed by atoms with van der Waals surface area (Å²) in [6.07, 6.45) is -3.37. The second-order valence-corrected chi connectivity index (χ2v) is 12.7. The van der Waals surface area contributed by atoms with Crippen molar-refractivity contribution in [2.45, 2.75) is 120 Å². The molecule has 3 saturated heterocycles. The van der Waals surface area contributed by atoms with Crippen molar-refractivity contribution in [1.29, 1.82) is 0 Å². The summed E-state index contributed by atoms with van der Waals surface area (Å²) in [6, 6.07) is 7.28. The summed E-state index contributed by atoms with van der Waals surface area (Å²) < 4.78 is 42.1. The van der Waals surface area contributed by atoms with Crippen LogP contribution in [0.4, 0.5) is 4.79 Å². The molecule has 0 aromatic heterocycles. The fraction of sp³-hybridized carbons (Fsp3) is 0.733. The van der Waals surface area contributed by atoms with Gasteiger partial charge in [0.15, 0.2) is 0 Å². The average Bonchev–Trinajstić information content (AvgIpc) is 3.30. The number of rotatable bonds is 8. The molecule has 244 valence electrons. The Bertz CT molecular complexity index is 1140. The Labute approximate surface area is 258 Å². The van der Waals surface area contributed by atoms with E-state index in [0.29, 0.717) is 20.9 Å². The van der Waals surface area contributed by atoms with Crippen LogP contribution in [-0.4, -0.2) is 108 Å². The van der Waals surface area contributed by atoms with E-state index in [0.717, 1.165) is 5.56 Å². The maximum absolute atomic E-state index is 13.0. The fourth-order valence-corrected chi connectivity index (χ4v) is 6.81. The van der Waals surface area contributed by atoms with E-state index in [-0.39, 0.29) is 25.0 Å². The van der Waals surface area contributed by atoms with Gasteiger partial charge in [-0.1, -0.05) is 13.0 Å². The third-order valence-electron chi connectivity index (χ3n) is 8.96. The van der Waals surface area contributed by atoms with Crippen molar-refractivity contribution < 1.29 is 53.3 Å². The molecule has 3 heterocycles. The molecule has 1 amide bonds. The van der Waals surface area contributed by atoms with Gasteiger partial charge >= 0.3 is 217 Å². The van der Waals surface area contributed by atoms with Gasteiger partial charge in [-0.05, 0) is 6.42 Å². The summed E-state index contributed by atoms with van der Waals surface area (Å²) in [6.45, 7) is 5.90. The summed E-state index contributed by atoms with van der Waals surface area (Å²) in [5.41, 5.74) is 7.10. The van der Waals surface area contributed by atoms with Gasteiger partial charge in [0.2, 0.25) is 0 Å². The minimum atomic E-state index is -1.33. The van der Waals surface area contributed by atoms with Gasteiger partial charge in [-0.2, -0.15) is 0 Å². The van der Waals surface area contributed by atoms with Crippen LogP contribution in [0.25, 0.3) is 0 Å². The minimum absolute atomic E-state index is 0.0681. The third kappa shape index (κ3) is 7.31. The third-order valence-corrected chi connectivity index (χ3v) is 9.47. The average molecular weight is 640 g/mol. The van der Waals surface area contributed by atoms with Gasteiger partial charge in [-0.15, -0.1) is 0 Å². The molecule has 1 aromatic rings. The molecule has 15 atom stereocenters. The summed E-state index contributed by atoms with van der Waals surface area (Å²) in [5.74, 6) is -0.563. The standard InChI is InChI=1S/C30H43N2O11P/c1-5-18-22(34)23(35)28(39-18)42-26-21(33)17(31)11-14(2)24(26)41-27-20(32-29(36)37-12-16-9-7-6-8-10-16)15(3)25-19(40-27)13-38-30(43-25)44-4/h4,6-10,14-15,17-28,30,33-35H,5,11-13,31H2,1-3H3/p+1. The first kappa shape index (κ1) is 33.7. The second-order valence-electron chi connectivity index (χ2n) is 12.0. The number of benzene rings is 1. The zero-order valence-electron chi connectivity index (χ0n) is 25.1. The summed E-state index contributed by atoms with van der Waals surface area (Å²) >= 11 is 0. The molecule has 0 bridgehead atoms. The number of hydrogen-bond acceptors (Lipinski definition) is 12. The number of fused-ring (bicyclic) bond motifs is 1. The van der Waals surface area contributed by atoms with Crippen molar-refractivity contribution in [3.05, 3.63) is 35.9 Å². The predicted octanol–water partition coefficient (Wildman–Crippen LogP) is 1.23. The Balaban J connectivity index is 1.35. The van der Waals surface area contributed by atoms with Gasteiger partial charge in [0.05, 0.1) is 6.10 Å². The normalized spacial score (nSPS) is 44.0. The molecule has 3 aliphatic heterocycles. The Morgan fingerprint density at radius 2 is 1.77 bits per heavy atom. The van der Waals surface area contributed by atoms with E-state index >= 15 is 0 Å². The van der Waals surface area contributed by atoms with Gasteiger partial charge in [0, 0.05) is 0 Å². The van der Waals surface area contributed by atoms with Gasteiger partial charge in [-0.3, -0.25) is 0 Å². The molecular weight excluding hydrogens is 595 g/mol. The Morgan fingerprint density at radius 1 is 1.05 bits per heavy atom. The van der Waals surface area contributed by atoms with Crippen molar-refractivity contribution in [3.63, 3.8) is 0 Å². The molecule has 13 nitrogen and oxygen atoms in total. The number of hydrogen-bond donors (Lipinski definition) is 5. The Morgan fingerprint density at radius 3 is 2.45 bits per heavy atom. The number of carbonyl (C=O) groups excluding carboxylic acids is 1. The molecule has 14 heteroatoms. The molecule has 1 aliphatic carbocycles. The van der Waals surface area contributed by atoms with Gasteiger partial charge in [-0.25, -0.2) is 0 Å². The fourth-order valence-electron chi connectivity index (χ4n) is 6.43. The molecule has 1 saturated carbocycles. The van der Waals surface area contributed by atoms with Crippen molar-refractivity contribution in [2.24, 2.45) is 17.6 Å². The van der Waals surface area contributed by atoms with Crippen molar-refractivity contribution >= 4 is 14.1 Å². The number of aliphatic hydroxyl groups excluding tert-OH is 3. The van der Waals surface area contributed by atoms with E-state index in [9.17, 15) is 20.1 Å². The molecule has 0 radical (unpaired) electrons. The molecule has 44 heavy (non-hydrogen) atoms. The quantitative estimate of drug-likeness (QED) is 0.257. The molecule has 1 aromatic carbocycles. The van der Waals surface area contributed by atoms with Crippen LogP contribution in [0.1, 0.15) is 39.2 Å². The zero-order valence-corrected chi connectivity index (χ0v) is 26.0. The van der Waals surface area contributed by atoms with Crippen LogP contribution in [0.3, 0.4) is 0 Å². The zero-order chi connectivity index (χ0) is 31.5. The van der Waals surface area contributed by atoms with Crippen LogP contribution in [0.15, 0.2) is 30.3 Å². The molecule has 4 aliphatic rings. The van der Waals surface area contributed by atoms with E-state index in [1.54, 1.807) is 0 Å². The maximum atomic E-state index is 13.0. The summed E-state index contributed by atoms with van der Waals surface area (Å²) in [5, 5.41) is 35.1. The van der Waals surface area contributed by atoms with Crippen LogP contribution in [0.5, 0.6) is 0 Å². The van der Waals surface area contributed by atoms with Crippen LogP contribution in [0.2, 0.25) is 0 Å². The van der Waals surface area contributed by atoms with E-state index in [4.69, 9.17) is 45.0 Å². The predicted molar refractivity (Wildman–Crippen MR) is 156 cm³/mol. The van der Waals surface area contributed by atoms with E-state index in [1.807, 2.05) is 51.1 Å². The van der Waals surface area contributed by atoms with E-state index in [2.05, 4.69) is 5.32 Å². The first-order valence-electron chi connectivity index (χ1n) is 15.2. The number of carbonyl (C=O) groups is 1. The van der Waals surface area contributed by atoms with Gasteiger partial charge in [0.1, 0.15) is 6.10 Å². The van der Waals surface area contributed by atoms with Crippen LogP contribution in [-0.2, 0) is 39.8 Å². The topological polar surface area (TPSA) is 180 Å². The second kappa shape index (κ2) is 14.8. The number of amides is 1. The van der Waals surface area contributed by atoms with Crippen LogP contribution in [0, 0.1) is 18.0 Å². The number of alkyl carbamates (subject to hydrolysis) is 1. The number of nitrogens with one attached hydrogen (secondary N) is 1. The first-order valence-corrected chi connectivity index (χ1v) is 16.2. The molecule has 6 N–H and O–H groups in total. The van der Waals surface area contributed by atoms with Crippen LogP contribution < -0.4 is 11.1 Å². The van der Waals surface area contributed by atoms with Crippen LogP contribution >= 0.6 is 8.04 Å². The number of aliphatic hydroxyl groups is 3. The monoisotopic (exact) mass is 639 g/mol. The Hall–Kier alpha value is -1.70. The van der Waals surface area contributed by atoms with Crippen molar-refractivity contribution in [3.8, 4) is 6.13 Å². The molecule has 15 unspecified atom stereocenters. The number of ether oxygens (including phenoxy) is 7. The van der Waals surface area contributed by atoms with Gasteiger partial charge in [0.25, 0.3) is 0 Å². The summed E-state index contributed by atoms with van der Waals surface area (Å²) in [7, 11) is 0.414. The van der Waals surface area contributed by atoms with E-state index in [1.165, 1.54) is 0 Å². The van der Waals surface area contributed by atoms with Crippen molar-refractivity contribution in [2.75, 3.05) is 6.61 Å². The molecule has 5 rings (SSSR count). The SMILES string of the molecule is C#[P+]C1OCC2OC(OC3C(C)CC(N)C(O)C3OC3OC(CC)C(O)C3O)C(NC(=O)OCc3ccccc3)C(C)C2O1. The van der Waals surface area contributed by atoms with E-state index < -0.39 is 85.6 Å². The number of nitrogens with two attached hydrogens (primary N) is 1.